The van der Waals surface area contributed by atoms with Crippen LogP contribution in [-0.2, 0) is 16.6 Å². The molecule has 1 saturated heterocycles. The molecule has 2 fully saturated rings. The number of sulfonamides is 1. The van der Waals surface area contributed by atoms with Crippen molar-refractivity contribution in [1.29, 1.82) is 0 Å². The van der Waals surface area contributed by atoms with Gasteiger partial charge in [-0.05, 0) is 55.8 Å². The SMILES string of the molecule is CCCNCc1ccc(S(=O)(=O)N2CC3CCC2C3)cc1. The molecular weight excluding hydrogens is 284 g/mol. The molecule has 1 aromatic carbocycles. The monoisotopic (exact) mass is 308 g/mol. The lowest BCUT2D eigenvalue weighted by atomic mass is 10.1. The van der Waals surface area contributed by atoms with Crippen molar-refractivity contribution in [3.63, 3.8) is 0 Å². The molecule has 0 spiro atoms. The zero-order valence-electron chi connectivity index (χ0n) is 12.6. The Hall–Kier alpha value is -0.910. The second kappa shape index (κ2) is 6.07. The fourth-order valence-electron chi connectivity index (χ4n) is 3.50. The summed E-state index contributed by atoms with van der Waals surface area (Å²) in [7, 11) is -3.30. The van der Waals surface area contributed by atoms with E-state index in [9.17, 15) is 8.42 Å². The van der Waals surface area contributed by atoms with Crippen molar-refractivity contribution in [2.24, 2.45) is 5.92 Å². The van der Waals surface area contributed by atoms with Crippen molar-refractivity contribution >= 4 is 10.0 Å². The third-order valence-electron chi connectivity index (χ3n) is 4.64. The Balaban J connectivity index is 1.71. The van der Waals surface area contributed by atoms with Gasteiger partial charge in [0.2, 0.25) is 10.0 Å². The van der Waals surface area contributed by atoms with Gasteiger partial charge in [-0.25, -0.2) is 8.42 Å². The van der Waals surface area contributed by atoms with Crippen LogP contribution in [0, 0.1) is 5.92 Å². The van der Waals surface area contributed by atoms with Crippen LogP contribution in [0.2, 0.25) is 0 Å². The van der Waals surface area contributed by atoms with Crippen LogP contribution in [0.4, 0.5) is 0 Å². The van der Waals surface area contributed by atoms with Crippen molar-refractivity contribution in [3.8, 4) is 0 Å². The van der Waals surface area contributed by atoms with Crippen LogP contribution in [0.3, 0.4) is 0 Å². The molecule has 2 unspecified atom stereocenters. The molecule has 5 heteroatoms. The maximum absolute atomic E-state index is 12.7. The number of nitrogens with zero attached hydrogens (tertiary/aromatic N) is 1. The molecule has 2 aliphatic rings. The van der Waals surface area contributed by atoms with E-state index < -0.39 is 10.0 Å². The largest absolute Gasteiger partial charge is 0.313 e. The van der Waals surface area contributed by atoms with Crippen molar-refractivity contribution in [1.82, 2.24) is 9.62 Å². The van der Waals surface area contributed by atoms with E-state index in [0.29, 0.717) is 17.4 Å². The van der Waals surface area contributed by atoms with Gasteiger partial charge < -0.3 is 5.32 Å². The van der Waals surface area contributed by atoms with Crippen molar-refractivity contribution in [3.05, 3.63) is 29.8 Å². The summed E-state index contributed by atoms with van der Waals surface area (Å²) in [4.78, 5) is 0.439. The molecule has 21 heavy (non-hydrogen) atoms. The highest BCUT2D eigenvalue weighted by molar-refractivity contribution is 7.89. The van der Waals surface area contributed by atoms with Crippen LogP contribution in [0.5, 0.6) is 0 Å². The number of benzene rings is 1. The van der Waals surface area contributed by atoms with Crippen molar-refractivity contribution in [2.75, 3.05) is 13.1 Å². The van der Waals surface area contributed by atoms with Gasteiger partial charge in [-0.3, -0.25) is 0 Å². The Labute approximate surface area is 127 Å². The van der Waals surface area contributed by atoms with Crippen LogP contribution < -0.4 is 5.32 Å². The van der Waals surface area contributed by atoms with E-state index in [1.807, 2.05) is 12.1 Å². The van der Waals surface area contributed by atoms with Gasteiger partial charge in [-0.1, -0.05) is 19.1 Å². The molecular formula is C16H24N2O2S. The standard InChI is InChI=1S/C16H24N2O2S/c1-2-9-17-11-13-4-7-16(8-5-13)21(19,20)18-12-14-3-6-15(18)10-14/h4-5,7-8,14-15,17H,2-3,6,9-12H2,1H3. The fourth-order valence-corrected chi connectivity index (χ4v) is 5.24. The topological polar surface area (TPSA) is 49.4 Å². The second-order valence-corrected chi connectivity index (χ2v) is 8.12. The van der Waals surface area contributed by atoms with E-state index in [4.69, 9.17) is 0 Å². The fraction of sp³-hybridized carbons (Fsp3) is 0.625. The van der Waals surface area contributed by atoms with Crippen LogP contribution in [0.1, 0.15) is 38.2 Å². The van der Waals surface area contributed by atoms with Gasteiger partial charge in [0.05, 0.1) is 4.90 Å². The molecule has 0 radical (unpaired) electrons. The third kappa shape index (κ3) is 3.00. The summed E-state index contributed by atoms with van der Waals surface area (Å²) in [6.07, 6.45) is 4.38. The zero-order valence-corrected chi connectivity index (χ0v) is 13.4. The van der Waals surface area contributed by atoms with Crippen LogP contribution in [-0.4, -0.2) is 31.9 Å². The summed E-state index contributed by atoms with van der Waals surface area (Å²) in [5.41, 5.74) is 1.13. The molecule has 2 bridgehead atoms. The molecule has 116 valence electrons. The first-order valence-electron chi connectivity index (χ1n) is 7.92. The summed E-state index contributed by atoms with van der Waals surface area (Å²) < 4.78 is 27.1. The molecule has 1 N–H and O–H groups in total. The average molecular weight is 308 g/mol. The second-order valence-electron chi connectivity index (χ2n) is 6.23. The Kier molecular flexibility index (Phi) is 4.33. The van der Waals surface area contributed by atoms with E-state index in [1.54, 1.807) is 16.4 Å². The third-order valence-corrected chi connectivity index (χ3v) is 6.58. The molecule has 1 aliphatic heterocycles. The summed E-state index contributed by atoms with van der Waals surface area (Å²) in [5, 5.41) is 3.33. The number of hydrogen-bond acceptors (Lipinski definition) is 3. The highest BCUT2D eigenvalue weighted by Gasteiger charge is 2.44. The van der Waals surface area contributed by atoms with Crippen molar-refractivity contribution in [2.45, 2.75) is 50.1 Å². The molecule has 1 aliphatic carbocycles. The Morgan fingerprint density at radius 1 is 1.24 bits per heavy atom. The molecule has 0 aromatic heterocycles. The lowest BCUT2D eigenvalue weighted by Gasteiger charge is -2.26. The lowest BCUT2D eigenvalue weighted by molar-refractivity contribution is 0.333. The first-order chi connectivity index (χ1) is 10.1. The maximum atomic E-state index is 12.7. The summed E-state index contributed by atoms with van der Waals surface area (Å²) in [6.45, 7) is 4.62. The summed E-state index contributed by atoms with van der Waals surface area (Å²) >= 11 is 0. The summed E-state index contributed by atoms with van der Waals surface area (Å²) in [6, 6.07) is 7.59. The Bertz CT molecular complexity index is 583. The molecule has 1 saturated carbocycles. The zero-order chi connectivity index (χ0) is 14.9. The van der Waals surface area contributed by atoms with Gasteiger partial charge in [0.15, 0.2) is 0 Å². The van der Waals surface area contributed by atoms with E-state index in [1.165, 1.54) is 6.42 Å². The first-order valence-corrected chi connectivity index (χ1v) is 9.36. The molecule has 3 rings (SSSR count). The Morgan fingerprint density at radius 3 is 2.57 bits per heavy atom. The number of piperidine rings is 1. The number of rotatable bonds is 6. The minimum absolute atomic E-state index is 0.242. The van der Waals surface area contributed by atoms with Crippen LogP contribution >= 0.6 is 0 Å². The average Bonchev–Trinajstić information content (AvgIpc) is 3.11. The highest BCUT2D eigenvalue weighted by atomic mass is 32.2. The van der Waals surface area contributed by atoms with Crippen molar-refractivity contribution < 1.29 is 8.42 Å². The smallest absolute Gasteiger partial charge is 0.243 e. The lowest BCUT2D eigenvalue weighted by Crippen LogP contribution is -2.37. The first kappa shape index (κ1) is 15.0. The molecule has 1 aromatic rings. The minimum atomic E-state index is -3.30. The predicted octanol–water partition coefficient (Wildman–Crippen LogP) is 2.36. The number of nitrogens with one attached hydrogen (secondary N) is 1. The number of fused-ring (bicyclic) bond motifs is 2. The van der Waals surface area contributed by atoms with Gasteiger partial charge in [0.25, 0.3) is 0 Å². The van der Waals surface area contributed by atoms with Gasteiger partial charge in [0.1, 0.15) is 0 Å². The molecule has 2 atom stereocenters. The van der Waals surface area contributed by atoms with Gasteiger partial charge in [0, 0.05) is 19.1 Å². The van der Waals surface area contributed by atoms with Gasteiger partial charge in [-0.2, -0.15) is 4.31 Å². The van der Waals surface area contributed by atoms with Crippen LogP contribution in [0.25, 0.3) is 0 Å². The quantitative estimate of drug-likeness (QED) is 0.821. The molecule has 4 nitrogen and oxygen atoms in total. The van der Waals surface area contributed by atoms with Gasteiger partial charge in [-0.15, -0.1) is 0 Å². The Morgan fingerprint density at radius 2 is 2.00 bits per heavy atom. The molecule has 1 heterocycles. The summed E-state index contributed by atoms with van der Waals surface area (Å²) in [5.74, 6) is 0.585. The van der Waals surface area contributed by atoms with Crippen LogP contribution in [0.15, 0.2) is 29.2 Å². The minimum Gasteiger partial charge on any atom is -0.313 e. The predicted molar refractivity (Wildman–Crippen MR) is 83.5 cm³/mol. The van der Waals surface area contributed by atoms with E-state index in [0.717, 1.165) is 37.9 Å². The maximum Gasteiger partial charge on any atom is 0.243 e. The molecule has 0 amide bonds. The van der Waals surface area contributed by atoms with E-state index in [2.05, 4.69) is 12.2 Å². The van der Waals surface area contributed by atoms with E-state index in [-0.39, 0.29) is 6.04 Å². The number of hydrogen-bond donors (Lipinski definition) is 1. The van der Waals surface area contributed by atoms with Gasteiger partial charge >= 0.3 is 0 Å². The normalized spacial score (nSPS) is 25.6. The van der Waals surface area contributed by atoms with E-state index >= 15 is 0 Å². The highest BCUT2D eigenvalue weighted by Crippen LogP contribution is 2.40.